The second kappa shape index (κ2) is 6.07. The monoisotopic (exact) mass is 296 g/mol. The van der Waals surface area contributed by atoms with Crippen LogP contribution < -0.4 is 10.5 Å². The smallest absolute Gasteiger partial charge is 0.205 e. The lowest BCUT2D eigenvalue weighted by atomic mass is 10.2. The number of nitrogens with two attached hydrogens (primary N) is 1. The fourth-order valence-corrected chi connectivity index (χ4v) is 2.36. The van der Waals surface area contributed by atoms with Crippen LogP contribution in [0.15, 0.2) is 48.5 Å². The van der Waals surface area contributed by atoms with Crippen LogP contribution >= 0.6 is 0 Å². The molecule has 0 amide bonds. The van der Waals surface area contributed by atoms with Crippen LogP contribution in [0.4, 0.5) is 5.95 Å². The lowest BCUT2D eigenvalue weighted by Crippen LogP contribution is -2.19. The van der Waals surface area contributed by atoms with Crippen molar-refractivity contribution < 1.29 is 4.74 Å². The van der Waals surface area contributed by atoms with E-state index >= 15 is 0 Å². The van der Waals surface area contributed by atoms with Gasteiger partial charge in [-0.2, -0.15) is 0 Å². The minimum absolute atomic E-state index is 0.478. The molecule has 0 spiro atoms. The molecule has 5 nitrogen and oxygen atoms in total. The van der Waals surface area contributed by atoms with Crippen molar-refractivity contribution in [2.45, 2.75) is 0 Å². The number of anilines is 1. The third-order valence-corrected chi connectivity index (χ3v) is 3.47. The number of rotatable bonds is 5. The molecule has 1 aromatic heterocycles. The zero-order valence-corrected chi connectivity index (χ0v) is 12.9. The van der Waals surface area contributed by atoms with Crippen molar-refractivity contribution in [2.75, 3.05) is 33.0 Å². The maximum atomic E-state index is 6.08. The Morgan fingerprint density at radius 1 is 1.14 bits per heavy atom. The summed E-state index contributed by atoms with van der Waals surface area (Å²) < 4.78 is 7.69. The maximum Gasteiger partial charge on any atom is 0.205 e. The van der Waals surface area contributed by atoms with E-state index in [0.717, 1.165) is 29.0 Å². The van der Waals surface area contributed by atoms with Gasteiger partial charge in [0.1, 0.15) is 12.4 Å². The summed E-state index contributed by atoms with van der Waals surface area (Å²) in [4.78, 5) is 6.53. The SMILES string of the molecule is CN(C)CCOc1ccc2c(c1)nc(N)n2-c1ccccc1. The second-order valence-corrected chi connectivity index (χ2v) is 5.44. The first-order chi connectivity index (χ1) is 10.6. The number of nitrogens with zero attached hydrogens (tertiary/aromatic N) is 3. The van der Waals surface area contributed by atoms with Crippen LogP contribution in [0.1, 0.15) is 0 Å². The van der Waals surface area contributed by atoms with Crippen molar-refractivity contribution in [3.8, 4) is 11.4 Å². The Balaban J connectivity index is 1.92. The van der Waals surface area contributed by atoms with E-state index in [0.29, 0.717) is 12.6 Å². The predicted molar refractivity (Wildman–Crippen MR) is 89.5 cm³/mol. The van der Waals surface area contributed by atoms with Gasteiger partial charge in [-0.1, -0.05) is 18.2 Å². The molecular formula is C17H20N4O. The second-order valence-electron chi connectivity index (χ2n) is 5.44. The lowest BCUT2D eigenvalue weighted by molar-refractivity contribution is 0.261. The number of likely N-dealkylation sites (N-methyl/N-ethyl adjacent to an activating group) is 1. The van der Waals surface area contributed by atoms with Crippen LogP contribution in [0.25, 0.3) is 16.7 Å². The lowest BCUT2D eigenvalue weighted by Gasteiger charge is -2.11. The van der Waals surface area contributed by atoms with Gasteiger partial charge in [0.15, 0.2) is 0 Å². The van der Waals surface area contributed by atoms with Gasteiger partial charge >= 0.3 is 0 Å². The summed E-state index contributed by atoms with van der Waals surface area (Å²) in [5.41, 5.74) is 8.90. The molecule has 0 fully saturated rings. The topological polar surface area (TPSA) is 56.3 Å². The van der Waals surface area contributed by atoms with Gasteiger partial charge in [0.25, 0.3) is 0 Å². The summed E-state index contributed by atoms with van der Waals surface area (Å²) in [7, 11) is 4.05. The van der Waals surface area contributed by atoms with Crippen LogP contribution in [-0.4, -0.2) is 41.7 Å². The van der Waals surface area contributed by atoms with E-state index in [9.17, 15) is 0 Å². The summed E-state index contributed by atoms with van der Waals surface area (Å²) in [6.07, 6.45) is 0. The number of fused-ring (bicyclic) bond motifs is 1. The number of aromatic nitrogens is 2. The highest BCUT2D eigenvalue weighted by atomic mass is 16.5. The minimum atomic E-state index is 0.478. The van der Waals surface area contributed by atoms with Crippen molar-refractivity contribution in [2.24, 2.45) is 0 Å². The molecule has 0 aliphatic heterocycles. The fraction of sp³-hybridized carbons (Fsp3) is 0.235. The molecule has 22 heavy (non-hydrogen) atoms. The van der Waals surface area contributed by atoms with E-state index in [-0.39, 0.29) is 0 Å². The van der Waals surface area contributed by atoms with Crippen LogP contribution in [0.5, 0.6) is 5.75 Å². The molecule has 2 N–H and O–H groups in total. The number of benzene rings is 2. The normalized spacial score (nSPS) is 11.2. The van der Waals surface area contributed by atoms with Crippen molar-refractivity contribution in [1.29, 1.82) is 0 Å². The van der Waals surface area contributed by atoms with E-state index in [1.54, 1.807) is 0 Å². The van der Waals surface area contributed by atoms with Gasteiger partial charge in [-0.05, 0) is 38.4 Å². The van der Waals surface area contributed by atoms with Gasteiger partial charge in [-0.3, -0.25) is 4.57 Å². The van der Waals surface area contributed by atoms with E-state index in [1.165, 1.54) is 0 Å². The molecule has 0 saturated carbocycles. The molecule has 0 aliphatic rings. The molecule has 0 atom stereocenters. The largest absolute Gasteiger partial charge is 0.492 e. The average molecular weight is 296 g/mol. The van der Waals surface area contributed by atoms with Gasteiger partial charge in [-0.15, -0.1) is 0 Å². The Hall–Kier alpha value is -2.53. The summed E-state index contributed by atoms with van der Waals surface area (Å²) >= 11 is 0. The Bertz CT molecular complexity index is 765. The van der Waals surface area contributed by atoms with E-state index in [4.69, 9.17) is 10.5 Å². The molecule has 1 heterocycles. The van der Waals surface area contributed by atoms with Crippen molar-refractivity contribution >= 4 is 17.0 Å². The molecule has 0 bridgehead atoms. The Morgan fingerprint density at radius 3 is 2.64 bits per heavy atom. The number of para-hydroxylation sites is 1. The number of hydrogen-bond donors (Lipinski definition) is 1. The van der Waals surface area contributed by atoms with Gasteiger partial charge in [-0.25, -0.2) is 4.98 Å². The van der Waals surface area contributed by atoms with Gasteiger partial charge in [0, 0.05) is 18.3 Å². The highest BCUT2D eigenvalue weighted by molar-refractivity contribution is 5.82. The molecule has 114 valence electrons. The Morgan fingerprint density at radius 2 is 1.91 bits per heavy atom. The highest BCUT2D eigenvalue weighted by Crippen LogP contribution is 2.26. The Kier molecular flexibility index (Phi) is 3.98. The minimum Gasteiger partial charge on any atom is -0.492 e. The summed E-state index contributed by atoms with van der Waals surface area (Å²) in [5.74, 6) is 1.29. The predicted octanol–water partition coefficient (Wildman–Crippen LogP) is 2.55. The summed E-state index contributed by atoms with van der Waals surface area (Å²) in [6.45, 7) is 1.52. The van der Waals surface area contributed by atoms with Crippen LogP contribution in [-0.2, 0) is 0 Å². The number of ether oxygens (including phenoxy) is 1. The molecule has 2 aromatic carbocycles. The first kappa shape index (κ1) is 14.4. The highest BCUT2D eigenvalue weighted by Gasteiger charge is 2.10. The molecule has 0 saturated heterocycles. The summed E-state index contributed by atoms with van der Waals surface area (Å²) in [5, 5.41) is 0. The first-order valence-corrected chi connectivity index (χ1v) is 7.26. The van der Waals surface area contributed by atoms with Gasteiger partial charge in [0.05, 0.1) is 11.0 Å². The molecule has 0 radical (unpaired) electrons. The third-order valence-electron chi connectivity index (χ3n) is 3.47. The maximum absolute atomic E-state index is 6.08. The van der Waals surface area contributed by atoms with Gasteiger partial charge < -0.3 is 15.4 Å². The Labute approximate surface area is 129 Å². The number of hydrogen-bond acceptors (Lipinski definition) is 4. The molecule has 5 heteroatoms. The number of nitrogen functional groups attached to an aromatic ring is 1. The van der Waals surface area contributed by atoms with Crippen LogP contribution in [0.3, 0.4) is 0 Å². The van der Waals surface area contributed by atoms with Crippen LogP contribution in [0.2, 0.25) is 0 Å². The zero-order chi connectivity index (χ0) is 15.5. The average Bonchev–Trinajstić information content (AvgIpc) is 2.83. The van der Waals surface area contributed by atoms with Crippen LogP contribution in [0, 0.1) is 0 Å². The molecule has 3 rings (SSSR count). The summed E-state index contributed by atoms with van der Waals surface area (Å²) in [6, 6.07) is 15.9. The molecule has 0 unspecified atom stereocenters. The zero-order valence-electron chi connectivity index (χ0n) is 12.9. The third kappa shape index (κ3) is 2.89. The van der Waals surface area contributed by atoms with E-state index in [1.807, 2.05) is 67.2 Å². The number of imidazole rings is 1. The quantitative estimate of drug-likeness (QED) is 0.786. The van der Waals surface area contributed by atoms with Crippen molar-refractivity contribution in [3.63, 3.8) is 0 Å². The fourth-order valence-electron chi connectivity index (χ4n) is 2.36. The van der Waals surface area contributed by atoms with Gasteiger partial charge in [0.2, 0.25) is 5.95 Å². The van der Waals surface area contributed by atoms with E-state index < -0.39 is 0 Å². The first-order valence-electron chi connectivity index (χ1n) is 7.26. The molecule has 0 aliphatic carbocycles. The molecule has 3 aromatic rings. The van der Waals surface area contributed by atoms with E-state index in [2.05, 4.69) is 9.88 Å². The van der Waals surface area contributed by atoms with Crippen molar-refractivity contribution in [3.05, 3.63) is 48.5 Å². The standard InChI is InChI=1S/C17H20N4O/c1-20(2)10-11-22-14-8-9-16-15(12-14)19-17(18)21(16)13-6-4-3-5-7-13/h3-9,12H,10-11H2,1-2H3,(H2,18,19). The van der Waals surface area contributed by atoms with Crippen molar-refractivity contribution in [1.82, 2.24) is 14.5 Å². The molecular weight excluding hydrogens is 276 g/mol.